The Morgan fingerprint density at radius 2 is 1.82 bits per heavy atom. The van der Waals surface area contributed by atoms with Crippen molar-refractivity contribution >= 4 is 12.0 Å². The average molecular weight is 241 g/mol. The van der Waals surface area contributed by atoms with Gasteiger partial charge in [-0.15, -0.1) is 0 Å². The van der Waals surface area contributed by atoms with Crippen LogP contribution in [0.1, 0.15) is 5.56 Å². The summed E-state index contributed by atoms with van der Waals surface area (Å²) in [4.78, 5) is 12.2. The predicted molar refractivity (Wildman–Crippen MR) is 59.2 cm³/mol. The van der Waals surface area contributed by atoms with Gasteiger partial charge in [0.15, 0.2) is 0 Å². The summed E-state index contributed by atoms with van der Waals surface area (Å²) in [6.07, 6.45) is 0.261. The molecule has 0 amide bonds. The number of hydrogen-bond acceptors (Lipinski definition) is 3. The summed E-state index contributed by atoms with van der Waals surface area (Å²) < 4.78 is 32.4. The van der Waals surface area contributed by atoms with Gasteiger partial charge in [0.1, 0.15) is 17.9 Å². The van der Waals surface area contributed by atoms with Gasteiger partial charge in [0.05, 0.1) is 13.2 Å². The third kappa shape index (κ3) is 2.61. The fourth-order valence-electron chi connectivity index (χ4n) is 1.87. The van der Waals surface area contributed by atoms with Crippen molar-refractivity contribution in [3.05, 3.63) is 29.3 Å². The van der Waals surface area contributed by atoms with Gasteiger partial charge in [0.25, 0.3) is 0 Å². The first-order valence-corrected chi connectivity index (χ1v) is 5.46. The molecule has 92 valence electrons. The van der Waals surface area contributed by atoms with Gasteiger partial charge in [-0.1, -0.05) is 0 Å². The van der Waals surface area contributed by atoms with Crippen molar-refractivity contribution in [1.82, 2.24) is 0 Å². The molecule has 1 fully saturated rings. The van der Waals surface area contributed by atoms with Gasteiger partial charge in [-0.3, -0.25) is 0 Å². The molecular weight excluding hydrogens is 228 g/mol. The zero-order chi connectivity index (χ0) is 12.3. The predicted octanol–water partition coefficient (Wildman–Crippen LogP) is 1.54. The van der Waals surface area contributed by atoms with Gasteiger partial charge in [-0.05, 0) is 12.1 Å². The number of halogens is 2. The molecule has 0 spiro atoms. The summed E-state index contributed by atoms with van der Waals surface area (Å²) >= 11 is 0. The number of nitrogens with zero attached hydrogens (tertiary/aromatic N) is 1. The van der Waals surface area contributed by atoms with Crippen LogP contribution >= 0.6 is 0 Å². The van der Waals surface area contributed by atoms with Gasteiger partial charge >= 0.3 is 0 Å². The summed E-state index contributed by atoms with van der Waals surface area (Å²) in [5.74, 6) is -1.34. The molecule has 1 saturated heterocycles. The van der Waals surface area contributed by atoms with E-state index < -0.39 is 11.6 Å². The Kier molecular flexibility index (Phi) is 3.68. The van der Waals surface area contributed by atoms with Crippen molar-refractivity contribution in [3.8, 4) is 0 Å². The fourth-order valence-corrected chi connectivity index (χ4v) is 1.87. The van der Waals surface area contributed by atoms with Crippen molar-refractivity contribution in [2.24, 2.45) is 0 Å². The molecule has 0 atom stereocenters. The summed E-state index contributed by atoms with van der Waals surface area (Å²) in [6.45, 7) is 2.34. The van der Waals surface area contributed by atoms with Gasteiger partial charge in [-0.2, -0.15) is 0 Å². The highest BCUT2D eigenvalue weighted by Crippen LogP contribution is 2.23. The Balaban J connectivity index is 2.27. The fraction of sp³-hybridized carbons (Fsp3) is 0.417. The second-order valence-corrected chi connectivity index (χ2v) is 3.86. The van der Waals surface area contributed by atoms with E-state index in [1.807, 2.05) is 4.90 Å². The van der Waals surface area contributed by atoms with Crippen LogP contribution in [0.5, 0.6) is 0 Å². The minimum atomic E-state index is -0.668. The second-order valence-electron chi connectivity index (χ2n) is 3.86. The monoisotopic (exact) mass is 241 g/mol. The first kappa shape index (κ1) is 12.0. The quantitative estimate of drug-likeness (QED) is 0.752. The van der Waals surface area contributed by atoms with E-state index >= 15 is 0 Å². The Morgan fingerprint density at radius 1 is 1.24 bits per heavy atom. The molecule has 2 rings (SSSR count). The number of hydrogen-bond donors (Lipinski definition) is 0. The third-order valence-corrected chi connectivity index (χ3v) is 2.79. The second kappa shape index (κ2) is 5.23. The molecule has 0 radical (unpaired) electrons. The lowest BCUT2D eigenvalue weighted by atomic mass is 10.1. The molecule has 3 nitrogen and oxygen atoms in total. The van der Waals surface area contributed by atoms with E-state index in [-0.39, 0.29) is 12.0 Å². The van der Waals surface area contributed by atoms with Crippen LogP contribution < -0.4 is 4.90 Å². The number of ether oxygens (including phenoxy) is 1. The highest BCUT2D eigenvalue weighted by atomic mass is 19.1. The topological polar surface area (TPSA) is 29.5 Å². The van der Waals surface area contributed by atoms with Crippen LogP contribution in [0.4, 0.5) is 14.5 Å². The maximum atomic E-state index is 13.6. The van der Waals surface area contributed by atoms with E-state index in [0.717, 1.165) is 0 Å². The van der Waals surface area contributed by atoms with E-state index in [4.69, 9.17) is 4.74 Å². The van der Waals surface area contributed by atoms with E-state index in [2.05, 4.69) is 0 Å². The average Bonchev–Trinajstić information content (AvgIpc) is 2.35. The minimum absolute atomic E-state index is 0.169. The highest BCUT2D eigenvalue weighted by molar-refractivity contribution is 5.57. The van der Waals surface area contributed by atoms with Gasteiger partial charge in [-0.25, -0.2) is 8.78 Å². The van der Waals surface area contributed by atoms with Gasteiger partial charge < -0.3 is 14.4 Å². The maximum absolute atomic E-state index is 13.6. The van der Waals surface area contributed by atoms with Crippen molar-refractivity contribution in [2.45, 2.75) is 6.42 Å². The highest BCUT2D eigenvalue weighted by Gasteiger charge is 2.16. The molecule has 0 saturated carbocycles. The van der Waals surface area contributed by atoms with Crippen LogP contribution in [0.2, 0.25) is 0 Å². The number of benzene rings is 1. The van der Waals surface area contributed by atoms with Gasteiger partial charge in [0, 0.05) is 30.8 Å². The van der Waals surface area contributed by atoms with Crippen LogP contribution in [-0.4, -0.2) is 32.6 Å². The molecule has 0 bridgehead atoms. The standard InChI is InChI=1S/C12H13F2NO2/c13-11-7-9(15-2-5-17-6-3-15)8-12(14)10(11)1-4-16/h4,7-8H,1-3,5-6H2. The van der Waals surface area contributed by atoms with Crippen molar-refractivity contribution < 1.29 is 18.3 Å². The summed E-state index contributed by atoms with van der Waals surface area (Å²) in [7, 11) is 0. The van der Waals surface area contributed by atoms with Gasteiger partial charge in [0.2, 0.25) is 0 Å². The number of carbonyl (C=O) groups excluding carboxylic acids is 1. The van der Waals surface area contributed by atoms with Crippen LogP contribution in [0.3, 0.4) is 0 Å². The number of aldehydes is 1. The maximum Gasteiger partial charge on any atom is 0.131 e. The smallest absolute Gasteiger partial charge is 0.131 e. The molecule has 17 heavy (non-hydrogen) atoms. The lowest BCUT2D eigenvalue weighted by molar-refractivity contribution is -0.107. The van der Waals surface area contributed by atoms with Crippen LogP contribution in [0.15, 0.2) is 12.1 Å². The molecule has 0 N–H and O–H groups in total. The molecule has 0 aliphatic carbocycles. The Morgan fingerprint density at radius 3 is 2.35 bits per heavy atom. The van der Waals surface area contributed by atoms with E-state index in [0.29, 0.717) is 38.3 Å². The Labute approximate surface area is 98.0 Å². The number of morpholine rings is 1. The summed E-state index contributed by atoms with van der Waals surface area (Å²) in [5, 5.41) is 0. The largest absolute Gasteiger partial charge is 0.378 e. The van der Waals surface area contributed by atoms with Crippen molar-refractivity contribution in [1.29, 1.82) is 0 Å². The summed E-state index contributed by atoms with van der Waals surface area (Å²) in [5.41, 5.74) is 0.329. The molecule has 1 aliphatic rings. The molecule has 0 aromatic heterocycles. The van der Waals surface area contributed by atoms with Crippen LogP contribution in [0.25, 0.3) is 0 Å². The SMILES string of the molecule is O=CCc1c(F)cc(N2CCOCC2)cc1F. The molecule has 1 aliphatic heterocycles. The molecule has 0 unspecified atom stereocenters. The van der Waals surface area contributed by atoms with Crippen molar-refractivity contribution in [2.75, 3.05) is 31.2 Å². The van der Waals surface area contributed by atoms with Crippen LogP contribution in [-0.2, 0) is 16.0 Å². The lowest BCUT2D eigenvalue weighted by Crippen LogP contribution is -2.36. The first-order chi connectivity index (χ1) is 8.22. The van der Waals surface area contributed by atoms with E-state index in [1.54, 1.807) is 0 Å². The van der Waals surface area contributed by atoms with E-state index in [1.165, 1.54) is 12.1 Å². The minimum Gasteiger partial charge on any atom is -0.378 e. The molecule has 1 aromatic rings. The van der Waals surface area contributed by atoms with Crippen molar-refractivity contribution in [3.63, 3.8) is 0 Å². The summed E-state index contributed by atoms with van der Waals surface area (Å²) in [6, 6.07) is 2.54. The number of anilines is 1. The molecular formula is C12H13F2NO2. The molecule has 1 aromatic carbocycles. The lowest BCUT2D eigenvalue weighted by Gasteiger charge is -2.29. The van der Waals surface area contributed by atoms with Crippen LogP contribution in [0, 0.1) is 11.6 Å². The number of rotatable bonds is 3. The molecule has 1 heterocycles. The third-order valence-electron chi connectivity index (χ3n) is 2.79. The Hall–Kier alpha value is -1.49. The molecule has 5 heteroatoms. The zero-order valence-corrected chi connectivity index (χ0v) is 9.29. The van der Waals surface area contributed by atoms with E-state index in [9.17, 15) is 13.6 Å². The zero-order valence-electron chi connectivity index (χ0n) is 9.29. The normalized spacial score (nSPS) is 16.0. The first-order valence-electron chi connectivity index (χ1n) is 5.46. The Bertz CT molecular complexity index is 394. The number of carbonyl (C=O) groups is 1.